The number of ether oxygens (including phenoxy) is 1. The SMILES string of the molecule is CC1(C)CC(=O)C2OC2(CC(O)c2cc(F)cc(F)c2)C1. The number of carbonyl (C=O) groups is 1. The average Bonchev–Trinajstić information content (AvgIpc) is 3.00. The first-order valence-corrected chi connectivity index (χ1v) is 7.05. The molecule has 0 radical (unpaired) electrons. The molecule has 3 rings (SSSR count). The molecule has 3 unspecified atom stereocenters. The van der Waals surface area contributed by atoms with Crippen LogP contribution in [-0.4, -0.2) is 22.6 Å². The Morgan fingerprint density at radius 1 is 1.33 bits per heavy atom. The number of aliphatic hydroxyl groups excluding tert-OH is 1. The smallest absolute Gasteiger partial charge is 0.165 e. The van der Waals surface area contributed by atoms with Crippen molar-refractivity contribution < 1.29 is 23.4 Å². The molecule has 2 aliphatic rings. The van der Waals surface area contributed by atoms with Crippen LogP contribution in [0.15, 0.2) is 18.2 Å². The maximum absolute atomic E-state index is 13.2. The Bertz CT molecular complexity index is 579. The van der Waals surface area contributed by atoms with Crippen LogP contribution in [0.1, 0.15) is 44.8 Å². The number of Topliss-reactive ketones (excluding diaryl/α,β-unsaturated/α-hetero) is 1. The van der Waals surface area contributed by atoms with Gasteiger partial charge in [-0.25, -0.2) is 8.78 Å². The van der Waals surface area contributed by atoms with Crippen molar-refractivity contribution >= 4 is 5.78 Å². The Labute approximate surface area is 121 Å². The molecule has 1 N–H and O–H groups in total. The van der Waals surface area contributed by atoms with Crippen LogP contribution in [-0.2, 0) is 9.53 Å². The summed E-state index contributed by atoms with van der Waals surface area (Å²) in [5.41, 5.74) is -0.690. The van der Waals surface area contributed by atoms with Gasteiger partial charge in [0.2, 0.25) is 0 Å². The molecule has 5 heteroatoms. The molecular weight excluding hydrogens is 278 g/mol. The van der Waals surface area contributed by atoms with Crippen molar-refractivity contribution in [1.82, 2.24) is 0 Å². The highest BCUT2D eigenvalue weighted by Gasteiger charge is 2.65. The van der Waals surface area contributed by atoms with Crippen LogP contribution in [0.25, 0.3) is 0 Å². The van der Waals surface area contributed by atoms with Gasteiger partial charge < -0.3 is 9.84 Å². The van der Waals surface area contributed by atoms with Crippen LogP contribution in [0, 0.1) is 17.0 Å². The van der Waals surface area contributed by atoms with E-state index in [0.717, 1.165) is 18.2 Å². The Hall–Kier alpha value is -1.33. The van der Waals surface area contributed by atoms with Crippen molar-refractivity contribution in [3.8, 4) is 0 Å². The van der Waals surface area contributed by atoms with Crippen molar-refractivity contribution in [3.05, 3.63) is 35.4 Å². The normalized spacial score (nSPS) is 31.7. The molecule has 1 saturated carbocycles. The van der Waals surface area contributed by atoms with E-state index in [1.165, 1.54) is 0 Å². The quantitative estimate of drug-likeness (QED) is 0.873. The van der Waals surface area contributed by atoms with Crippen LogP contribution >= 0.6 is 0 Å². The summed E-state index contributed by atoms with van der Waals surface area (Å²) in [6.07, 6.45) is -0.231. The van der Waals surface area contributed by atoms with Gasteiger partial charge in [0, 0.05) is 18.9 Å². The minimum absolute atomic E-state index is 0.0453. The zero-order valence-corrected chi connectivity index (χ0v) is 12.0. The van der Waals surface area contributed by atoms with E-state index in [1.54, 1.807) is 0 Å². The maximum Gasteiger partial charge on any atom is 0.165 e. The second-order valence-electron chi connectivity index (χ2n) is 6.97. The summed E-state index contributed by atoms with van der Waals surface area (Å²) in [6, 6.07) is 2.98. The predicted molar refractivity (Wildman–Crippen MR) is 71.6 cm³/mol. The molecule has 0 aromatic heterocycles. The Morgan fingerprint density at radius 3 is 2.57 bits per heavy atom. The molecule has 1 aliphatic heterocycles. The number of epoxide rings is 1. The summed E-state index contributed by atoms with van der Waals surface area (Å²) in [5, 5.41) is 10.2. The van der Waals surface area contributed by atoms with E-state index < -0.39 is 29.4 Å². The summed E-state index contributed by atoms with van der Waals surface area (Å²) in [4.78, 5) is 12.0. The molecule has 1 heterocycles. The minimum atomic E-state index is -1.05. The summed E-state index contributed by atoms with van der Waals surface area (Å²) in [5.74, 6) is -1.41. The second-order valence-corrected chi connectivity index (χ2v) is 6.97. The molecular formula is C16H18F2O3. The molecule has 2 fully saturated rings. The Kier molecular flexibility index (Phi) is 3.19. The van der Waals surface area contributed by atoms with Gasteiger partial charge in [0.25, 0.3) is 0 Å². The zero-order chi connectivity index (χ0) is 15.4. The zero-order valence-electron chi connectivity index (χ0n) is 12.0. The number of aliphatic hydroxyl groups is 1. The first-order valence-electron chi connectivity index (χ1n) is 7.05. The third-order valence-corrected chi connectivity index (χ3v) is 4.30. The molecule has 0 spiro atoms. The van der Waals surface area contributed by atoms with Gasteiger partial charge >= 0.3 is 0 Å². The number of rotatable bonds is 3. The van der Waals surface area contributed by atoms with Crippen LogP contribution in [0.2, 0.25) is 0 Å². The topological polar surface area (TPSA) is 49.8 Å². The molecule has 0 bridgehead atoms. The van der Waals surface area contributed by atoms with E-state index in [-0.39, 0.29) is 23.2 Å². The number of fused-ring (bicyclic) bond motifs is 1. The molecule has 3 atom stereocenters. The van der Waals surface area contributed by atoms with Crippen molar-refractivity contribution in [2.75, 3.05) is 0 Å². The van der Waals surface area contributed by atoms with Gasteiger partial charge in [0.05, 0.1) is 6.10 Å². The van der Waals surface area contributed by atoms with Gasteiger partial charge in [0.15, 0.2) is 5.78 Å². The molecule has 21 heavy (non-hydrogen) atoms. The van der Waals surface area contributed by atoms with Gasteiger partial charge in [0.1, 0.15) is 23.3 Å². The predicted octanol–water partition coefficient (Wildman–Crippen LogP) is 2.92. The summed E-state index contributed by atoms with van der Waals surface area (Å²) in [6.45, 7) is 3.97. The standard InChI is InChI=1S/C16H18F2O3/c1-15(2)6-13(20)14-16(8-15,21-14)7-12(19)9-3-10(17)5-11(18)4-9/h3-5,12,14,19H,6-8H2,1-2H3. The van der Waals surface area contributed by atoms with Gasteiger partial charge in [-0.3, -0.25) is 4.79 Å². The number of benzene rings is 1. The monoisotopic (exact) mass is 296 g/mol. The van der Waals surface area contributed by atoms with Crippen LogP contribution < -0.4 is 0 Å². The van der Waals surface area contributed by atoms with E-state index in [1.807, 2.05) is 13.8 Å². The Balaban J connectivity index is 1.79. The van der Waals surface area contributed by atoms with Crippen molar-refractivity contribution in [2.45, 2.75) is 50.9 Å². The molecule has 1 aromatic rings. The maximum atomic E-state index is 13.2. The third kappa shape index (κ3) is 2.72. The van der Waals surface area contributed by atoms with Gasteiger partial charge in [-0.1, -0.05) is 13.8 Å². The van der Waals surface area contributed by atoms with Crippen molar-refractivity contribution in [3.63, 3.8) is 0 Å². The van der Waals surface area contributed by atoms with E-state index in [0.29, 0.717) is 12.8 Å². The fraction of sp³-hybridized carbons (Fsp3) is 0.562. The largest absolute Gasteiger partial charge is 0.388 e. The highest BCUT2D eigenvalue weighted by Crippen LogP contribution is 2.56. The van der Waals surface area contributed by atoms with Crippen molar-refractivity contribution in [1.29, 1.82) is 0 Å². The first kappa shape index (κ1) is 14.6. The van der Waals surface area contributed by atoms with E-state index >= 15 is 0 Å². The molecule has 1 saturated heterocycles. The summed E-state index contributed by atoms with van der Waals surface area (Å²) in [7, 11) is 0. The van der Waals surface area contributed by atoms with Gasteiger partial charge in [-0.2, -0.15) is 0 Å². The lowest BCUT2D eigenvalue weighted by Crippen LogP contribution is -2.37. The number of hydrogen-bond acceptors (Lipinski definition) is 3. The highest BCUT2D eigenvalue weighted by atomic mass is 19.1. The second kappa shape index (κ2) is 4.58. The number of carbonyl (C=O) groups excluding carboxylic acids is 1. The lowest BCUT2D eigenvalue weighted by atomic mass is 9.70. The molecule has 1 aliphatic carbocycles. The fourth-order valence-corrected chi connectivity index (χ4v) is 3.57. The summed E-state index contributed by atoms with van der Waals surface area (Å²) < 4.78 is 32.0. The molecule has 114 valence electrons. The number of halogens is 2. The van der Waals surface area contributed by atoms with Gasteiger partial charge in [-0.05, 0) is 29.5 Å². The fourth-order valence-electron chi connectivity index (χ4n) is 3.57. The molecule has 3 nitrogen and oxygen atoms in total. The highest BCUT2D eigenvalue weighted by molar-refractivity contribution is 5.88. The lowest BCUT2D eigenvalue weighted by Gasteiger charge is -2.32. The van der Waals surface area contributed by atoms with E-state index in [2.05, 4.69) is 0 Å². The number of ketones is 1. The third-order valence-electron chi connectivity index (χ3n) is 4.30. The molecule has 0 amide bonds. The van der Waals surface area contributed by atoms with E-state index in [9.17, 15) is 18.7 Å². The minimum Gasteiger partial charge on any atom is -0.388 e. The van der Waals surface area contributed by atoms with Crippen LogP contribution in [0.5, 0.6) is 0 Å². The van der Waals surface area contributed by atoms with Crippen molar-refractivity contribution in [2.24, 2.45) is 5.41 Å². The first-order chi connectivity index (χ1) is 9.71. The van der Waals surface area contributed by atoms with Crippen LogP contribution in [0.3, 0.4) is 0 Å². The average molecular weight is 296 g/mol. The van der Waals surface area contributed by atoms with E-state index in [4.69, 9.17) is 4.74 Å². The Morgan fingerprint density at radius 2 is 1.95 bits per heavy atom. The summed E-state index contributed by atoms with van der Waals surface area (Å²) >= 11 is 0. The lowest BCUT2D eigenvalue weighted by molar-refractivity contribution is -0.123. The van der Waals surface area contributed by atoms with Gasteiger partial charge in [-0.15, -0.1) is 0 Å². The molecule has 1 aromatic carbocycles. The van der Waals surface area contributed by atoms with Crippen LogP contribution in [0.4, 0.5) is 8.78 Å². The number of hydrogen-bond donors (Lipinski definition) is 1.